The predicted molar refractivity (Wildman–Crippen MR) is 117 cm³/mol. The van der Waals surface area contributed by atoms with E-state index < -0.39 is 0 Å². The summed E-state index contributed by atoms with van der Waals surface area (Å²) in [5.41, 5.74) is 0. The standard InChI is InChI=1S/C22H43N5O/c1-4-19(5-2)21(26-11-13-28-14-12-26)16-25-22(23-6-3)24-15-18-9-10-27(17-18)20-7-8-20/h18-21H,4-17H2,1-3H3,(H2,23,24,25). The van der Waals surface area contributed by atoms with Crippen molar-refractivity contribution in [3.63, 3.8) is 0 Å². The Labute approximate surface area is 172 Å². The van der Waals surface area contributed by atoms with Crippen LogP contribution in [0.2, 0.25) is 0 Å². The Kier molecular flexibility index (Phi) is 8.87. The second-order valence-electron chi connectivity index (χ2n) is 8.77. The molecule has 0 aromatic heterocycles. The third-order valence-corrected chi connectivity index (χ3v) is 6.83. The monoisotopic (exact) mass is 393 g/mol. The van der Waals surface area contributed by atoms with E-state index in [4.69, 9.17) is 9.73 Å². The van der Waals surface area contributed by atoms with Crippen molar-refractivity contribution in [3.05, 3.63) is 0 Å². The molecule has 28 heavy (non-hydrogen) atoms. The van der Waals surface area contributed by atoms with E-state index >= 15 is 0 Å². The molecule has 3 fully saturated rings. The molecule has 2 atom stereocenters. The van der Waals surface area contributed by atoms with E-state index in [1.807, 2.05) is 0 Å². The fraction of sp³-hybridized carbons (Fsp3) is 0.955. The van der Waals surface area contributed by atoms with E-state index in [2.05, 4.69) is 41.2 Å². The Morgan fingerprint density at radius 2 is 1.79 bits per heavy atom. The fourth-order valence-electron chi connectivity index (χ4n) is 4.87. The summed E-state index contributed by atoms with van der Waals surface area (Å²) < 4.78 is 5.58. The van der Waals surface area contributed by atoms with Gasteiger partial charge in [0, 0.05) is 44.8 Å². The molecule has 2 aliphatic heterocycles. The van der Waals surface area contributed by atoms with Crippen molar-refractivity contribution in [2.24, 2.45) is 16.8 Å². The summed E-state index contributed by atoms with van der Waals surface area (Å²) in [5, 5.41) is 7.11. The van der Waals surface area contributed by atoms with E-state index in [-0.39, 0.29) is 0 Å². The summed E-state index contributed by atoms with van der Waals surface area (Å²) in [7, 11) is 0. The van der Waals surface area contributed by atoms with Gasteiger partial charge >= 0.3 is 0 Å². The van der Waals surface area contributed by atoms with Crippen LogP contribution in [0.4, 0.5) is 0 Å². The zero-order valence-electron chi connectivity index (χ0n) is 18.5. The molecule has 0 bridgehead atoms. The average molecular weight is 394 g/mol. The minimum absolute atomic E-state index is 0.520. The maximum atomic E-state index is 5.58. The molecule has 6 nitrogen and oxygen atoms in total. The Bertz CT molecular complexity index is 472. The van der Waals surface area contributed by atoms with Gasteiger partial charge in [-0.3, -0.25) is 9.89 Å². The van der Waals surface area contributed by atoms with Crippen LogP contribution in [0.25, 0.3) is 0 Å². The maximum absolute atomic E-state index is 5.58. The first-order valence-corrected chi connectivity index (χ1v) is 11.8. The van der Waals surface area contributed by atoms with Crippen molar-refractivity contribution in [1.29, 1.82) is 0 Å². The largest absolute Gasteiger partial charge is 0.379 e. The number of likely N-dealkylation sites (tertiary alicyclic amines) is 1. The van der Waals surface area contributed by atoms with Gasteiger partial charge in [0.15, 0.2) is 5.96 Å². The van der Waals surface area contributed by atoms with E-state index in [1.54, 1.807) is 0 Å². The zero-order chi connectivity index (χ0) is 19.8. The Morgan fingerprint density at radius 3 is 2.43 bits per heavy atom. The molecule has 1 aliphatic carbocycles. The molecule has 3 aliphatic rings. The topological polar surface area (TPSA) is 52.1 Å². The molecular formula is C22H43N5O. The normalized spacial score (nSPS) is 26.0. The SMILES string of the molecule is CCNC(=NCC(C(CC)CC)N1CCOCC1)NCC1CCN(C2CC2)C1. The number of guanidine groups is 1. The lowest BCUT2D eigenvalue weighted by Crippen LogP contribution is -2.49. The van der Waals surface area contributed by atoms with Crippen LogP contribution >= 0.6 is 0 Å². The predicted octanol–water partition coefficient (Wildman–Crippen LogP) is 2.16. The number of ether oxygens (including phenoxy) is 1. The third-order valence-electron chi connectivity index (χ3n) is 6.83. The summed E-state index contributed by atoms with van der Waals surface area (Å²) in [5.74, 6) is 2.46. The number of hydrogen-bond acceptors (Lipinski definition) is 4. The number of rotatable bonds is 10. The Morgan fingerprint density at radius 1 is 1.04 bits per heavy atom. The van der Waals surface area contributed by atoms with E-state index in [1.165, 1.54) is 45.2 Å². The molecule has 2 saturated heterocycles. The first kappa shape index (κ1) is 21.8. The number of morpholine rings is 1. The molecule has 3 rings (SSSR count). The van der Waals surface area contributed by atoms with Crippen molar-refractivity contribution in [1.82, 2.24) is 20.4 Å². The van der Waals surface area contributed by atoms with E-state index in [0.717, 1.165) is 63.9 Å². The van der Waals surface area contributed by atoms with Crippen LogP contribution in [-0.2, 0) is 4.74 Å². The molecule has 1 saturated carbocycles. The summed E-state index contributed by atoms with van der Waals surface area (Å²) in [6, 6.07) is 1.42. The highest BCUT2D eigenvalue weighted by Gasteiger charge is 2.34. The molecule has 162 valence electrons. The van der Waals surface area contributed by atoms with Crippen molar-refractivity contribution in [2.45, 2.75) is 65.0 Å². The lowest BCUT2D eigenvalue weighted by molar-refractivity contribution is 0.00395. The molecule has 0 spiro atoms. The second-order valence-corrected chi connectivity index (χ2v) is 8.77. The lowest BCUT2D eigenvalue weighted by Gasteiger charge is -2.38. The second kappa shape index (κ2) is 11.4. The molecule has 0 radical (unpaired) electrons. The van der Waals surface area contributed by atoms with Gasteiger partial charge in [0.1, 0.15) is 0 Å². The highest BCUT2D eigenvalue weighted by atomic mass is 16.5. The van der Waals surface area contributed by atoms with Crippen LogP contribution in [0.15, 0.2) is 4.99 Å². The maximum Gasteiger partial charge on any atom is 0.191 e. The smallest absolute Gasteiger partial charge is 0.191 e. The summed E-state index contributed by atoms with van der Waals surface area (Å²) in [6.07, 6.45) is 6.60. The highest BCUT2D eigenvalue weighted by Crippen LogP contribution is 2.31. The van der Waals surface area contributed by atoms with Crippen LogP contribution in [0.3, 0.4) is 0 Å². The number of aliphatic imine (C=N–C) groups is 1. The molecule has 2 unspecified atom stereocenters. The summed E-state index contributed by atoms with van der Waals surface area (Å²) >= 11 is 0. The molecule has 6 heteroatoms. The van der Waals surface area contributed by atoms with Crippen LogP contribution in [-0.4, -0.2) is 86.9 Å². The molecular weight excluding hydrogens is 350 g/mol. The first-order valence-electron chi connectivity index (χ1n) is 11.8. The number of nitrogens with one attached hydrogen (secondary N) is 2. The van der Waals surface area contributed by atoms with Gasteiger partial charge in [-0.05, 0) is 44.6 Å². The van der Waals surface area contributed by atoms with Crippen molar-refractivity contribution in [2.75, 3.05) is 59.0 Å². The van der Waals surface area contributed by atoms with Gasteiger partial charge in [-0.1, -0.05) is 26.7 Å². The van der Waals surface area contributed by atoms with Crippen LogP contribution in [0.5, 0.6) is 0 Å². The highest BCUT2D eigenvalue weighted by molar-refractivity contribution is 5.79. The van der Waals surface area contributed by atoms with Gasteiger partial charge in [-0.25, -0.2) is 0 Å². The average Bonchev–Trinajstić information content (AvgIpc) is 3.48. The van der Waals surface area contributed by atoms with Gasteiger partial charge in [0.25, 0.3) is 0 Å². The minimum Gasteiger partial charge on any atom is -0.379 e. The number of hydrogen-bond donors (Lipinski definition) is 2. The summed E-state index contributed by atoms with van der Waals surface area (Å²) in [6.45, 7) is 16.0. The minimum atomic E-state index is 0.520. The van der Waals surface area contributed by atoms with Crippen molar-refractivity contribution < 1.29 is 4.74 Å². The molecule has 0 aromatic carbocycles. The Hall–Kier alpha value is -0.850. The van der Waals surface area contributed by atoms with E-state index in [0.29, 0.717) is 12.0 Å². The molecule has 2 N–H and O–H groups in total. The molecule has 0 amide bonds. The Balaban J connectivity index is 1.53. The van der Waals surface area contributed by atoms with Gasteiger partial charge in [0.2, 0.25) is 0 Å². The van der Waals surface area contributed by atoms with Crippen molar-refractivity contribution in [3.8, 4) is 0 Å². The van der Waals surface area contributed by atoms with Crippen LogP contribution < -0.4 is 10.6 Å². The molecule has 0 aromatic rings. The molecule has 2 heterocycles. The third kappa shape index (κ3) is 6.33. The number of nitrogens with zero attached hydrogens (tertiary/aromatic N) is 3. The van der Waals surface area contributed by atoms with Crippen molar-refractivity contribution >= 4 is 5.96 Å². The van der Waals surface area contributed by atoms with Crippen LogP contribution in [0, 0.1) is 11.8 Å². The van der Waals surface area contributed by atoms with Gasteiger partial charge in [0.05, 0.1) is 19.8 Å². The van der Waals surface area contributed by atoms with Gasteiger partial charge in [-0.15, -0.1) is 0 Å². The quantitative estimate of drug-likeness (QED) is 0.440. The lowest BCUT2D eigenvalue weighted by atomic mass is 9.92. The zero-order valence-corrected chi connectivity index (χ0v) is 18.5. The van der Waals surface area contributed by atoms with E-state index in [9.17, 15) is 0 Å². The summed E-state index contributed by atoms with van der Waals surface area (Å²) in [4.78, 5) is 10.3. The van der Waals surface area contributed by atoms with Gasteiger partial charge < -0.3 is 20.3 Å². The van der Waals surface area contributed by atoms with Gasteiger partial charge in [-0.2, -0.15) is 0 Å². The first-order chi connectivity index (χ1) is 13.7. The fourth-order valence-corrected chi connectivity index (χ4v) is 4.87. The van der Waals surface area contributed by atoms with Crippen LogP contribution in [0.1, 0.15) is 52.9 Å².